The molecule has 2 heterocycles. The molecule has 1 aliphatic heterocycles. The minimum absolute atomic E-state index is 0.110. The van der Waals surface area contributed by atoms with Crippen LogP contribution in [0.15, 0.2) is 17.1 Å². The van der Waals surface area contributed by atoms with Gasteiger partial charge in [0.25, 0.3) is 0 Å². The summed E-state index contributed by atoms with van der Waals surface area (Å²) in [6.07, 6.45) is -4.94. The van der Waals surface area contributed by atoms with E-state index in [1.807, 2.05) is 0 Å². The van der Waals surface area contributed by atoms with Gasteiger partial charge < -0.3 is 29.5 Å². The highest BCUT2D eigenvalue weighted by Crippen LogP contribution is 2.35. The molecule has 0 amide bonds. The van der Waals surface area contributed by atoms with Gasteiger partial charge in [0.05, 0.1) is 6.61 Å². The number of hydrogen-bond acceptors (Lipinski definition) is 9. The van der Waals surface area contributed by atoms with E-state index in [2.05, 4.69) is 4.98 Å². The van der Waals surface area contributed by atoms with Crippen LogP contribution in [0.4, 0.5) is 5.82 Å². The number of aliphatic hydroxyl groups is 2. The van der Waals surface area contributed by atoms with Crippen molar-refractivity contribution in [1.82, 2.24) is 9.55 Å². The summed E-state index contributed by atoms with van der Waals surface area (Å²) in [6, 6.07) is 1.24. The van der Waals surface area contributed by atoms with Gasteiger partial charge in [0.2, 0.25) is 0 Å². The van der Waals surface area contributed by atoms with Crippen LogP contribution in [-0.4, -0.2) is 66.0 Å². The lowest BCUT2D eigenvalue weighted by atomic mass is 10.1. The topological polar surface area (TPSA) is 184 Å². The third-order valence-corrected chi connectivity index (χ3v) is 3.62. The number of anilines is 1. The Hall–Kier alpha value is -1.37. The van der Waals surface area contributed by atoms with Gasteiger partial charge in [-0.2, -0.15) is 4.98 Å². The maximum Gasteiger partial charge on any atom is 0.351 e. The van der Waals surface area contributed by atoms with Crippen molar-refractivity contribution in [1.29, 1.82) is 0 Å². The number of aromatic nitrogens is 2. The summed E-state index contributed by atoms with van der Waals surface area (Å²) in [5.41, 5.74) is 0.835. The fourth-order valence-electron chi connectivity index (χ4n) is 2.05. The minimum atomic E-state index is -4.37. The summed E-state index contributed by atoms with van der Waals surface area (Å²) in [4.78, 5) is 32.6. The van der Waals surface area contributed by atoms with Gasteiger partial charge in [-0.25, -0.2) is 4.79 Å². The second-order valence-corrected chi connectivity index (χ2v) is 6.41. The van der Waals surface area contributed by atoms with Crippen LogP contribution >= 0.6 is 7.60 Å². The molecule has 6 N–H and O–H groups in total. The maximum absolute atomic E-state index is 11.8. The Kier molecular flexibility index (Phi) is 5.49. The van der Waals surface area contributed by atoms with Gasteiger partial charge in [0, 0.05) is 6.20 Å². The number of ether oxygens (including phenoxy) is 2. The van der Waals surface area contributed by atoms with Crippen LogP contribution < -0.4 is 11.2 Å². The Morgan fingerprint density at radius 1 is 1.39 bits per heavy atom. The number of rotatable bonds is 6. The van der Waals surface area contributed by atoms with Crippen molar-refractivity contribution < 1.29 is 39.2 Å². The fraction of sp³-hybridized carbons (Fsp3) is 0.600. The monoisotopic (exact) mass is 353 g/mol. The van der Waals surface area contributed by atoms with Gasteiger partial charge >= 0.3 is 13.3 Å². The molecule has 12 nitrogen and oxygen atoms in total. The highest BCUT2D eigenvalue weighted by atomic mass is 31.2. The van der Waals surface area contributed by atoms with Crippen LogP contribution in [0.3, 0.4) is 0 Å². The Morgan fingerprint density at radius 3 is 2.65 bits per heavy atom. The van der Waals surface area contributed by atoms with E-state index in [9.17, 15) is 19.6 Å². The SMILES string of the molecule is O=c1nc(NO)ccn1[C@@H]1O[C@H](COCP(=O)(O)O)[C@@H](O)[C@H]1O. The highest BCUT2D eigenvalue weighted by molar-refractivity contribution is 7.51. The van der Waals surface area contributed by atoms with Crippen LogP contribution in [0, 0.1) is 0 Å². The van der Waals surface area contributed by atoms with Gasteiger partial charge in [0.1, 0.15) is 24.7 Å². The molecule has 0 unspecified atom stereocenters. The predicted octanol–water partition coefficient (Wildman–Crippen LogP) is -2.18. The molecule has 1 saturated heterocycles. The molecule has 23 heavy (non-hydrogen) atoms. The van der Waals surface area contributed by atoms with E-state index in [0.717, 1.165) is 4.57 Å². The molecule has 1 fully saturated rings. The van der Waals surface area contributed by atoms with E-state index in [-0.39, 0.29) is 5.82 Å². The molecule has 0 aromatic carbocycles. The van der Waals surface area contributed by atoms with Gasteiger partial charge in [-0.05, 0) is 6.07 Å². The van der Waals surface area contributed by atoms with E-state index in [0.29, 0.717) is 0 Å². The minimum Gasteiger partial charge on any atom is -0.387 e. The maximum atomic E-state index is 11.8. The van der Waals surface area contributed by atoms with Crippen LogP contribution in [0.5, 0.6) is 0 Å². The third-order valence-electron chi connectivity index (χ3n) is 3.10. The molecule has 13 heteroatoms. The second-order valence-electron chi connectivity index (χ2n) is 4.83. The van der Waals surface area contributed by atoms with E-state index < -0.39 is 50.8 Å². The molecular weight excluding hydrogens is 337 g/mol. The van der Waals surface area contributed by atoms with Gasteiger partial charge in [0.15, 0.2) is 12.0 Å². The zero-order valence-corrected chi connectivity index (χ0v) is 12.5. The molecule has 1 aliphatic rings. The zero-order valence-electron chi connectivity index (χ0n) is 11.6. The van der Waals surface area contributed by atoms with Crippen molar-refractivity contribution in [3.05, 3.63) is 22.7 Å². The van der Waals surface area contributed by atoms with Gasteiger partial charge in [-0.1, -0.05) is 0 Å². The zero-order chi connectivity index (χ0) is 17.2. The summed E-state index contributed by atoms with van der Waals surface area (Å²) < 4.78 is 21.6. The Bertz CT molecular complexity index is 647. The summed E-state index contributed by atoms with van der Waals surface area (Å²) >= 11 is 0. The third kappa shape index (κ3) is 4.34. The molecule has 2 rings (SSSR count). The van der Waals surface area contributed by atoms with E-state index in [4.69, 9.17) is 24.5 Å². The van der Waals surface area contributed by atoms with Crippen LogP contribution in [0.2, 0.25) is 0 Å². The van der Waals surface area contributed by atoms with E-state index in [1.54, 1.807) is 5.48 Å². The van der Waals surface area contributed by atoms with E-state index in [1.165, 1.54) is 12.3 Å². The summed E-state index contributed by atoms with van der Waals surface area (Å²) in [7, 11) is -4.37. The predicted molar refractivity (Wildman–Crippen MR) is 72.7 cm³/mol. The molecule has 0 radical (unpaired) electrons. The highest BCUT2D eigenvalue weighted by Gasteiger charge is 2.44. The lowest BCUT2D eigenvalue weighted by Gasteiger charge is -2.17. The lowest BCUT2D eigenvalue weighted by Crippen LogP contribution is -2.36. The molecule has 0 saturated carbocycles. The van der Waals surface area contributed by atoms with Crippen LogP contribution in [-0.2, 0) is 14.0 Å². The van der Waals surface area contributed by atoms with Crippen molar-refractivity contribution >= 4 is 13.4 Å². The fourth-order valence-corrected chi connectivity index (χ4v) is 2.40. The quantitative estimate of drug-likeness (QED) is 0.241. The largest absolute Gasteiger partial charge is 0.387 e. The number of aliphatic hydroxyl groups excluding tert-OH is 2. The Morgan fingerprint density at radius 2 is 2.09 bits per heavy atom. The van der Waals surface area contributed by atoms with Crippen LogP contribution in [0.1, 0.15) is 6.23 Å². The molecule has 0 aliphatic carbocycles. The summed E-state index contributed by atoms with van der Waals surface area (Å²) in [5.74, 6) is -0.110. The smallest absolute Gasteiger partial charge is 0.351 e. The van der Waals surface area contributed by atoms with Crippen molar-refractivity contribution in [3.8, 4) is 0 Å². The number of nitrogens with one attached hydrogen (secondary N) is 1. The lowest BCUT2D eigenvalue weighted by molar-refractivity contribution is -0.0644. The normalized spacial score (nSPS) is 28.0. The van der Waals surface area contributed by atoms with Gasteiger partial charge in [-0.3, -0.25) is 19.8 Å². The van der Waals surface area contributed by atoms with Crippen LogP contribution in [0.25, 0.3) is 0 Å². The molecular formula is C10H16N3O9P. The number of hydrogen-bond donors (Lipinski definition) is 6. The molecule has 4 atom stereocenters. The van der Waals surface area contributed by atoms with Crippen molar-refractivity contribution in [3.63, 3.8) is 0 Å². The molecule has 0 bridgehead atoms. The Labute approximate surface area is 129 Å². The summed E-state index contributed by atoms with van der Waals surface area (Å²) in [5, 5.41) is 28.5. The first-order valence-electron chi connectivity index (χ1n) is 6.36. The molecule has 0 spiro atoms. The average molecular weight is 353 g/mol. The Balaban J connectivity index is 2.07. The molecule has 1 aromatic rings. The first-order chi connectivity index (χ1) is 10.7. The second kappa shape index (κ2) is 7.03. The molecule has 1 aromatic heterocycles. The van der Waals surface area contributed by atoms with Crippen molar-refractivity contribution in [2.45, 2.75) is 24.5 Å². The average Bonchev–Trinajstić information content (AvgIpc) is 2.74. The number of nitrogens with zero attached hydrogens (tertiary/aromatic N) is 2. The standard InChI is InChI=1S/C10H16N3O9P/c14-7-5(3-21-4-23(18,19)20)22-9(8(7)15)13-2-1-6(12-17)11-10(13)16/h1-2,5,7-9,14-15,17H,3-4H2,(H,11,12,16)(H2,18,19,20)/t5-,7-,8-,9-/m1/s1. The molecule has 130 valence electrons. The first kappa shape index (κ1) is 18.0. The van der Waals surface area contributed by atoms with Crippen molar-refractivity contribution in [2.75, 3.05) is 18.4 Å². The van der Waals surface area contributed by atoms with E-state index >= 15 is 0 Å². The van der Waals surface area contributed by atoms with Crippen molar-refractivity contribution in [2.24, 2.45) is 0 Å². The first-order valence-corrected chi connectivity index (χ1v) is 8.16. The summed E-state index contributed by atoms with van der Waals surface area (Å²) in [6.45, 7) is -0.391. The van der Waals surface area contributed by atoms with Gasteiger partial charge in [-0.15, -0.1) is 0 Å².